The summed E-state index contributed by atoms with van der Waals surface area (Å²) < 4.78 is 5.53. The second kappa shape index (κ2) is 6.30. The molecule has 1 spiro atoms. The van der Waals surface area contributed by atoms with Crippen molar-refractivity contribution in [2.75, 3.05) is 26.4 Å². The van der Waals surface area contributed by atoms with Crippen LogP contribution in [0.5, 0.6) is 0 Å². The molecule has 1 unspecified atom stereocenters. The number of nitrogens with zero attached hydrogens (tertiary/aromatic N) is 2. The maximum absolute atomic E-state index is 13.0. The molecule has 2 heterocycles. The van der Waals surface area contributed by atoms with Crippen molar-refractivity contribution in [3.63, 3.8) is 0 Å². The number of nitrogens with one attached hydrogen (secondary N) is 1. The van der Waals surface area contributed by atoms with Gasteiger partial charge >= 0.3 is 6.03 Å². The third-order valence-electron chi connectivity index (χ3n) is 5.98. The van der Waals surface area contributed by atoms with E-state index >= 15 is 0 Å². The Labute approximate surface area is 144 Å². The highest BCUT2D eigenvalue weighted by atomic mass is 16.5. The van der Waals surface area contributed by atoms with E-state index in [1.165, 1.54) is 4.90 Å². The molecule has 1 saturated carbocycles. The van der Waals surface area contributed by atoms with Gasteiger partial charge in [-0.2, -0.15) is 0 Å². The van der Waals surface area contributed by atoms with Crippen molar-refractivity contribution >= 4 is 11.9 Å². The van der Waals surface area contributed by atoms with Crippen LogP contribution in [-0.4, -0.2) is 59.7 Å². The number of hydrogen-bond donors (Lipinski definition) is 1. The molecule has 24 heavy (non-hydrogen) atoms. The molecule has 3 rings (SSSR count). The van der Waals surface area contributed by atoms with Gasteiger partial charge in [-0.15, -0.1) is 0 Å². The Morgan fingerprint density at radius 1 is 1.25 bits per heavy atom. The summed E-state index contributed by atoms with van der Waals surface area (Å²) in [6.07, 6.45) is 3.66. The third kappa shape index (κ3) is 3.31. The normalized spacial score (nSPS) is 35.6. The van der Waals surface area contributed by atoms with Crippen molar-refractivity contribution in [2.24, 2.45) is 11.3 Å². The highest BCUT2D eigenvalue weighted by molar-refractivity contribution is 6.07. The number of amides is 3. The van der Waals surface area contributed by atoms with Gasteiger partial charge in [0.15, 0.2) is 0 Å². The van der Waals surface area contributed by atoms with Crippen LogP contribution in [0, 0.1) is 11.3 Å². The molecule has 6 heteroatoms. The van der Waals surface area contributed by atoms with Crippen molar-refractivity contribution in [3.8, 4) is 0 Å². The summed E-state index contributed by atoms with van der Waals surface area (Å²) >= 11 is 0. The SMILES string of the molecule is CC1CN(CN2C(=O)NC3(CCC(C(C)(C)C)CC3)C2=O)CCO1. The first kappa shape index (κ1) is 17.7. The zero-order valence-corrected chi connectivity index (χ0v) is 15.4. The second-order valence-corrected chi connectivity index (χ2v) is 8.79. The highest BCUT2D eigenvalue weighted by Gasteiger charge is 2.53. The molecule has 0 bridgehead atoms. The number of rotatable bonds is 2. The molecule has 3 fully saturated rings. The van der Waals surface area contributed by atoms with E-state index in [2.05, 4.69) is 31.0 Å². The topological polar surface area (TPSA) is 61.9 Å². The molecule has 2 aliphatic heterocycles. The fourth-order valence-corrected chi connectivity index (χ4v) is 4.34. The zero-order chi connectivity index (χ0) is 17.5. The molecular weight excluding hydrogens is 306 g/mol. The number of morpholine rings is 1. The molecule has 3 amide bonds. The highest BCUT2D eigenvalue weighted by Crippen LogP contribution is 2.43. The predicted octanol–water partition coefficient (Wildman–Crippen LogP) is 2.19. The molecule has 0 aromatic rings. The van der Waals surface area contributed by atoms with Crippen LogP contribution in [0.4, 0.5) is 4.79 Å². The van der Waals surface area contributed by atoms with Gasteiger partial charge in [-0.3, -0.25) is 9.69 Å². The van der Waals surface area contributed by atoms with Crippen LogP contribution in [0.2, 0.25) is 0 Å². The van der Waals surface area contributed by atoms with Gasteiger partial charge in [-0.1, -0.05) is 20.8 Å². The minimum Gasteiger partial charge on any atom is -0.376 e. The van der Waals surface area contributed by atoms with Crippen molar-refractivity contribution < 1.29 is 14.3 Å². The monoisotopic (exact) mass is 337 g/mol. The van der Waals surface area contributed by atoms with Gasteiger partial charge < -0.3 is 10.1 Å². The Bertz CT molecular complexity index is 506. The Kier molecular flexibility index (Phi) is 4.64. The number of urea groups is 1. The number of ether oxygens (including phenoxy) is 1. The van der Waals surface area contributed by atoms with E-state index in [4.69, 9.17) is 4.74 Å². The number of imide groups is 1. The van der Waals surface area contributed by atoms with Crippen LogP contribution in [0.15, 0.2) is 0 Å². The molecule has 0 aromatic carbocycles. The van der Waals surface area contributed by atoms with Crippen LogP contribution in [0.3, 0.4) is 0 Å². The van der Waals surface area contributed by atoms with Gasteiger partial charge in [0.05, 0.1) is 19.4 Å². The minimum absolute atomic E-state index is 0.0287. The van der Waals surface area contributed by atoms with E-state index in [1.54, 1.807) is 0 Å². The molecule has 136 valence electrons. The lowest BCUT2D eigenvalue weighted by molar-refractivity contribution is -0.135. The molecule has 6 nitrogen and oxygen atoms in total. The molecular formula is C18H31N3O3. The van der Waals surface area contributed by atoms with Gasteiger partial charge in [0.1, 0.15) is 5.54 Å². The standard InChI is InChI=1S/C18H31N3O3/c1-13-11-20(9-10-24-13)12-21-15(22)18(19-16(21)23)7-5-14(6-8-18)17(2,3)4/h13-14H,5-12H2,1-4H3,(H,19,23). The molecule has 3 aliphatic rings. The smallest absolute Gasteiger partial charge is 0.326 e. The van der Waals surface area contributed by atoms with E-state index in [-0.39, 0.29) is 23.5 Å². The van der Waals surface area contributed by atoms with Crippen LogP contribution >= 0.6 is 0 Å². The first-order valence-corrected chi connectivity index (χ1v) is 9.19. The number of carbonyl (C=O) groups excluding carboxylic acids is 2. The van der Waals surface area contributed by atoms with Crippen molar-refractivity contribution in [3.05, 3.63) is 0 Å². The molecule has 0 aromatic heterocycles. The van der Waals surface area contributed by atoms with Crippen LogP contribution < -0.4 is 5.32 Å². The van der Waals surface area contributed by atoms with Crippen LogP contribution in [0.1, 0.15) is 53.4 Å². The molecule has 0 radical (unpaired) electrons. The van der Waals surface area contributed by atoms with Crippen molar-refractivity contribution in [1.29, 1.82) is 0 Å². The summed E-state index contributed by atoms with van der Waals surface area (Å²) in [5.41, 5.74) is -0.395. The summed E-state index contributed by atoms with van der Waals surface area (Å²) in [5, 5.41) is 3.02. The van der Waals surface area contributed by atoms with Gasteiger partial charge in [-0.05, 0) is 43.9 Å². The average molecular weight is 337 g/mol. The lowest BCUT2D eigenvalue weighted by Crippen LogP contribution is -2.52. The number of carbonyl (C=O) groups is 2. The quantitative estimate of drug-likeness (QED) is 0.785. The van der Waals surface area contributed by atoms with E-state index in [1.807, 2.05) is 6.92 Å². The molecule has 2 saturated heterocycles. The largest absolute Gasteiger partial charge is 0.376 e. The summed E-state index contributed by atoms with van der Waals surface area (Å²) in [6, 6.07) is -0.228. The van der Waals surface area contributed by atoms with Crippen molar-refractivity contribution in [2.45, 2.75) is 65.0 Å². The van der Waals surface area contributed by atoms with E-state index in [0.29, 0.717) is 19.2 Å². The van der Waals surface area contributed by atoms with Crippen LogP contribution in [0.25, 0.3) is 0 Å². The van der Waals surface area contributed by atoms with E-state index in [9.17, 15) is 9.59 Å². The fourth-order valence-electron chi connectivity index (χ4n) is 4.34. The Morgan fingerprint density at radius 3 is 2.50 bits per heavy atom. The maximum Gasteiger partial charge on any atom is 0.326 e. The summed E-state index contributed by atoms with van der Waals surface area (Å²) in [4.78, 5) is 29.0. The first-order valence-electron chi connectivity index (χ1n) is 9.19. The Hall–Kier alpha value is -1.14. The fraction of sp³-hybridized carbons (Fsp3) is 0.889. The maximum atomic E-state index is 13.0. The van der Waals surface area contributed by atoms with Gasteiger partial charge in [0.2, 0.25) is 0 Å². The Morgan fingerprint density at radius 2 is 1.92 bits per heavy atom. The third-order valence-corrected chi connectivity index (χ3v) is 5.98. The predicted molar refractivity (Wildman–Crippen MR) is 91.4 cm³/mol. The van der Waals surface area contributed by atoms with Crippen molar-refractivity contribution in [1.82, 2.24) is 15.1 Å². The average Bonchev–Trinajstić information content (AvgIpc) is 2.71. The minimum atomic E-state index is -0.656. The molecule has 1 N–H and O–H groups in total. The van der Waals surface area contributed by atoms with Gasteiger partial charge in [0.25, 0.3) is 5.91 Å². The van der Waals surface area contributed by atoms with Gasteiger partial charge in [-0.25, -0.2) is 9.69 Å². The molecule has 1 aliphatic carbocycles. The first-order chi connectivity index (χ1) is 11.2. The number of hydrogen-bond acceptors (Lipinski definition) is 4. The van der Waals surface area contributed by atoms with Crippen LogP contribution in [-0.2, 0) is 9.53 Å². The lowest BCUT2D eigenvalue weighted by atomic mass is 9.67. The lowest BCUT2D eigenvalue weighted by Gasteiger charge is -2.40. The van der Waals surface area contributed by atoms with E-state index in [0.717, 1.165) is 38.8 Å². The Balaban J connectivity index is 1.64. The summed E-state index contributed by atoms with van der Waals surface area (Å²) in [6.45, 7) is 11.4. The summed E-state index contributed by atoms with van der Waals surface area (Å²) in [5.74, 6) is 0.584. The van der Waals surface area contributed by atoms with E-state index < -0.39 is 5.54 Å². The second-order valence-electron chi connectivity index (χ2n) is 8.79. The van der Waals surface area contributed by atoms with Gasteiger partial charge in [0, 0.05) is 13.1 Å². The zero-order valence-electron chi connectivity index (χ0n) is 15.4. The molecule has 1 atom stereocenters. The summed E-state index contributed by atoms with van der Waals surface area (Å²) in [7, 11) is 0.